The van der Waals surface area contributed by atoms with Crippen molar-refractivity contribution in [1.82, 2.24) is 10.2 Å². The van der Waals surface area contributed by atoms with Gasteiger partial charge in [-0.05, 0) is 54.9 Å². The van der Waals surface area contributed by atoms with Crippen LogP contribution in [0.15, 0.2) is 48.5 Å². The Morgan fingerprint density at radius 2 is 1.88 bits per heavy atom. The van der Waals surface area contributed by atoms with Gasteiger partial charge >= 0.3 is 0 Å². The fourth-order valence-electron chi connectivity index (χ4n) is 3.32. The molecule has 1 fully saturated rings. The van der Waals surface area contributed by atoms with Crippen LogP contribution in [0.1, 0.15) is 16.7 Å². The van der Waals surface area contributed by atoms with Gasteiger partial charge in [-0.2, -0.15) is 0 Å². The van der Waals surface area contributed by atoms with E-state index in [1.165, 1.54) is 16.7 Å². The monoisotopic (exact) mass is 369 g/mol. The van der Waals surface area contributed by atoms with Gasteiger partial charge in [-0.25, -0.2) is 0 Å². The first-order valence-corrected chi connectivity index (χ1v) is 9.50. The highest BCUT2D eigenvalue weighted by Crippen LogP contribution is 2.14. The third-order valence-electron chi connectivity index (χ3n) is 4.44. The van der Waals surface area contributed by atoms with Crippen LogP contribution in [0.5, 0.6) is 0 Å². The molecule has 0 spiro atoms. The minimum atomic E-state index is 0.145. The second-order valence-electron chi connectivity index (χ2n) is 6.92. The Kier molecular flexibility index (Phi) is 6.61. The van der Waals surface area contributed by atoms with Crippen LogP contribution in [-0.2, 0) is 11.3 Å². The number of benzene rings is 2. The predicted octanol–water partition coefficient (Wildman–Crippen LogP) is 3.49. The molecule has 1 aliphatic heterocycles. The summed E-state index contributed by atoms with van der Waals surface area (Å²) in [5.41, 5.74) is 4.81. The maximum atomic E-state index is 5.89. The fraction of sp³-hybridized carbons (Fsp3) is 0.381. The highest BCUT2D eigenvalue weighted by molar-refractivity contribution is 7.80. The highest BCUT2D eigenvalue weighted by Gasteiger charge is 2.20. The largest absolute Gasteiger partial charge is 0.374 e. The van der Waals surface area contributed by atoms with E-state index in [0.29, 0.717) is 11.7 Å². The molecule has 4 nitrogen and oxygen atoms in total. The Bertz CT molecular complexity index is 715. The zero-order valence-corrected chi connectivity index (χ0v) is 16.3. The molecule has 0 aromatic heterocycles. The summed E-state index contributed by atoms with van der Waals surface area (Å²) in [6.45, 7) is 8.49. The van der Waals surface area contributed by atoms with Crippen LogP contribution in [0.3, 0.4) is 0 Å². The molecule has 1 saturated heterocycles. The molecule has 0 amide bonds. The Morgan fingerprint density at radius 1 is 1.15 bits per heavy atom. The molecule has 1 heterocycles. The van der Waals surface area contributed by atoms with Crippen LogP contribution in [0.4, 0.5) is 5.69 Å². The third-order valence-corrected chi connectivity index (χ3v) is 4.69. The predicted molar refractivity (Wildman–Crippen MR) is 112 cm³/mol. The summed E-state index contributed by atoms with van der Waals surface area (Å²) in [6, 6.07) is 16.9. The van der Waals surface area contributed by atoms with E-state index in [0.717, 1.165) is 31.9 Å². The molecule has 1 atom stereocenters. The Labute approximate surface area is 161 Å². The van der Waals surface area contributed by atoms with E-state index in [-0.39, 0.29) is 6.10 Å². The van der Waals surface area contributed by atoms with Gasteiger partial charge in [-0.1, -0.05) is 36.4 Å². The molecular formula is C21H27N3OS. The van der Waals surface area contributed by atoms with Crippen molar-refractivity contribution in [1.29, 1.82) is 0 Å². The molecule has 0 unspecified atom stereocenters. The lowest BCUT2D eigenvalue weighted by atomic mass is 10.1. The zero-order valence-electron chi connectivity index (χ0n) is 15.5. The van der Waals surface area contributed by atoms with E-state index in [1.807, 2.05) is 0 Å². The van der Waals surface area contributed by atoms with Crippen LogP contribution >= 0.6 is 12.2 Å². The lowest BCUT2D eigenvalue weighted by Crippen LogP contribution is -2.47. The Morgan fingerprint density at radius 3 is 2.62 bits per heavy atom. The topological polar surface area (TPSA) is 36.5 Å². The summed E-state index contributed by atoms with van der Waals surface area (Å²) < 4.78 is 5.89. The molecule has 5 heteroatoms. The SMILES string of the molecule is Cc1cc(C)cc(NC(=S)NC[C@H]2CN(Cc3ccccc3)CCO2)c1. The molecule has 0 radical (unpaired) electrons. The van der Waals surface area contributed by atoms with Crippen molar-refractivity contribution >= 4 is 23.0 Å². The van der Waals surface area contributed by atoms with Crippen molar-refractivity contribution < 1.29 is 4.74 Å². The van der Waals surface area contributed by atoms with E-state index in [2.05, 4.69) is 77.9 Å². The van der Waals surface area contributed by atoms with Crippen molar-refractivity contribution in [3.63, 3.8) is 0 Å². The van der Waals surface area contributed by atoms with Crippen LogP contribution < -0.4 is 10.6 Å². The average molecular weight is 370 g/mol. The summed E-state index contributed by atoms with van der Waals surface area (Å²) >= 11 is 5.43. The average Bonchev–Trinajstić information content (AvgIpc) is 2.60. The van der Waals surface area contributed by atoms with Gasteiger partial charge in [0.1, 0.15) is 0 Å². The maximum Gasteiger partial charge on any atom is 0.170 e. The number of nitrogens with zero attached hydrogens (tertiary/aromatic N) is 1. The molecule has 138 valence electrons. The normalized spacial score (nSPS) is 17.7. The van der Waals surface area contributed by atoms with Gasteiger partial charge in [0, 0.05) is 31.9 Å². The number of hydrogen-bond donors (Lipinski definition) is 2. The summed E-state index contributed by atoms with van der Waals surface area (Å²) in [7, 11) is 0. The summed E-state index contributed by atoms with van der Waals surface area (Å²) in [5, 5.41) is 7.20. The van der Waals surface area contributed by atoms with E-state index < -0.39 is 0 Å². The second kappa shape index (κ2) is 9.12. The van der Waals surface area contributed by atoms with Gasteiger partial charge in [-0.3, -0.25) is 4.90 Å². The van der Waals surface area contributed by atoms with E-state index in [1.54, 1.807) is 0 Å². The van der Waals surface area contributed by atoms with E-state index >= 15 is 0 Å². The smallest absolute Gasteiger partial charge is 0.170 e. The highest BCUT2D eigenvalue weighted by atomic mass is 32.1. The number of aryl methyl sites for hydroxylation is 2. The zero-order chi connectivity index (χ0) is 18.4. The lowest BCUT2D eigenvalue weighted by Gasteiger charge is -2.33. The first kappa shape index (κ1) is 18.8. The van der Waals surface area contributed by atoms with Crippen molar-refractivity contribution in [3.05, 3.63) is 65.2 Å². The summed E-state index contributed by atoms with van der Waals surface area (Å²) in [4.78, 5) is 2.44. The number of rotatable bonds is 5. The van der Waals surface area contributed by atoms with Gasteiger partial charge in [0.05, 0.1) is 12.7 Å². The van der Waals surface area contributed by atoms with Crippen LogP contribution in [0.25, 0.3) is 0 Å². The van der Waals surface area contributed by atoms with Gasteiger partial charge in [-0.15, -0.1) is 0 Å². The third kappa shape index (κ3) is 5.80. The molecule has 2 aromatic rings. The van der Waals surface area contributed by atoms with Gasteiger partial charge in [0.15, 0.2) is 5.11 Å². The standard InChI is InChI=1S/C21H27N3OS/c1-16-10-17(2)12-19(11-16)23-21(26)22-13-20-15-24(8-9-25-20)14-18-6-4-3-5-7-18/h3-7,10-12,20H,8-9,13-15H2,1-2H3,(H2,22,23,26)/t20-/m0/s1. The molecule has 0 bridgehead atoms. The van der Waals surface area contributed by atoms with E-state index in [4.69, 9.17) is 17.0 Å². The first-order chi connectivity index (χ1) is 12.6. The maximum absolute atomic E-state index is 5.89. The molecule has 1 aliphatic rings. The van der Waals surface area contributed by atoms with Gasteiger partial charge < -0.3 is 15.4 Å². The molecule has 0 saturated carbocycles. The van der Waals surface area contributed by atoms with Gasteiger partial charge in [0.2, 0.25) is 0 Å². The van der Waals surface area contributed by atoms with Crippen molar-refractivity contribution in [2.75, 3.05) is 31.6 Å². The Balaban J connectivity index is 1.45. The lowest BCUT2D eigenvalue weighted by molar-refractivity contribution is -0.0279. The molecule has 2 N–H and O–H groups in total. The molecular weight excluding hydrogens is 342 g/mol. The summed E-state index contributed by atoms with van der Waals surface area (Å²) in [6.07, 6.45) is 0.145. The number of morpholine rings is 1. The van der Waals surface area contributed by atoms with Crippen LogP contribution in [-0.4, -0.2) is 42.4 Å². The second-order valence-corrected chi connectivity index (χ2v) is 7.33. The molecule has 0 aliphatic carbocycles. The quantitative estimate of drug-likeness (QED) is 0.789. The Hall–Kier alpha value is -1.95. The number of anilines is 1. The fourth-order valence-corrected chi connectivity index (χ4v) is 3.52. The first-order valence-electron chi connectivity index (χ1n) is 9.09. The number of hydrogen-bond acceptors (Lipinski definition) is 3. The minimum absolute atomic E-state index is 0.145. The number of thiocarbonyl (C=S) groups is 1. The van der Waals surface area contributed by atoms with E-state index in [9.17, 15) is 0 Å². The molecule has 26 heavy (non-hydrogen) atoms. The van der Waals surface area contributed by atoms with Crippen molar-refractivity contribution in [2.24, 2.45) is 0 Å². The summed E-state index contributed by atoms with van der Waals surface area (Å²) in [5.74, 6) is 0. The van der Waals surface area contributed by atoms with Crippen LogP contribution in [0, 0.1) is 13.8 Å². The van der Waals surface area contributed by atoms with Gasteiger partial charge in [0.25, 0.3) is 0 Å². The number of ether oxygens (including phenoxy) is 1. The molecule has 3 rings (SSSR count). The molecule has 2 aromatic carbocycles. The van der Waals surface area contributed by atoms with Crippen LogP contribution in [0.2, 0.25) is 0 Å². The van der Waals surface area contributed by atoms with Crippen molar-refractivity contribution in [2.45, 2.75) is 26.5 Å². The minimum Gasteiger partial charge on any atom is -0.374 e. The van der Waals surface area contributed by atoms with Crippen molar-refractivity contribution in [3.8, 4) is 0 Å². The number of nitrogens with one attached hydrogen (secondary N) is 2.